The Morgan fingerprint density at radius 3 is 0.947 bits per heavy atom. The van der Waals surface area contributed by atoms with Crippen LogP contribution in [-0.4, -0.2) is 29.4 Å². The fourth-order valence-electron chi connectivity index (χ4n) is 0. The van der Waals surface area contributed by atoms with Gasteiger partial charge in [0, 0.05) is 5.57 Å². The van der Waals surface area contributed by atoms with Gasteiger partial charge in [0.2, 0.25) is 0 Å². The maximum Gasteiger partial charge on any atom is 3.00 e. The molecule has 19 heavy (non-hydrogen) atoms. The van der Waals surface area contributed by atoms with Crippen molar-refractivity contribution in [3.8, 4) is 0 Å². The zero-order valence-corrected chi connectivity index (χ0v) is 14.6. The van der Waals surface area contributed by atoms with E-state index in [2.05, 4.69) is 6.58 Å². The molecule has 0 aliphatic heterocycles. The van der Waals surface area contributed by atoms with Gasteiger partial charge in [-0.3, -0.25) is 0 Å². The number of hydrogen-bond acceptors (Lipinski definition) is 4. The molecule has 0 rings (SSSR count). The molecule has 0 atom stereocenters. The Kier molecular flexibility index (Phi) is 37.8. The van der Waals surface area contributed by atoms with E-state index in [9.17, 15) is 20.1 Å². The van der Waals surface area contributed by atoms with Gasteiger partial charge in [-0.05, 0) is 6.92 Å². The molecule has 0 aromatic rings. The van der Waals surface area contributed by atoms with E-state index in [0.29, 0.717) is 0 Å². The van der Waals surface area contributed by atoms with E-state index in [-0.39, 0.29) is 27.3 Å². The maximum atomic E-state index is 9.60. The average molecular weight is 311 g/mol. The molecule has 0 bridgehead atoms. The Morgan fingerprint density at radius 2 is 0.947 bits per heavy atom. The van der Waals surface area contributed by atoms with Crippen LogP contribution in [-0.2, 0) is 26.5 Å². The number of carbonyl (C=O) groups is 1. The van der Waals surface area contributed by atoms with Gasteiger partial charge in [-0.1, -0.05) is 48.1 Å². The molecule has 6 heteroatoms. The van der Waals surface area contributed by atoms with Gasteiger partial charge in [0.15, 0.2) is 0 Å². The number of hydrogen-bond donors (Lipinski definition) is 1. The van der Waals surface area contributed by atoms with E-state index in [1.54, 1.807) is 41.5 Å². The average Bonchev–Trinajstić information content (AvgIpc) is 1.99. The predicted molar refractivity (Wildman–Crippen MR) is 67.9 cm³/mol. The summed E-state index contributed by atoms with van der Waals surface area (Å²) in [6.07, 6.45) is -1.25. The Labute approximate surface area is 132 Å². The zero-order chi connectivity index (χ0) is 15.9. The van der Waals surface area contributed by atoms with Crippen LogP contribution in [0.5, 0.6) is 0 Å². The van der Waals surface area contributed by atoms with Crippen molar-refractivity contribution in [1.29, 1.82) is 0 Å². The molecular formula is C13H27O5Ti. The van der Waals surface area contributed by atoms with E-state index in [1.807, 2.05) is 0 Å². The molecule has 1 N–H and O–H groups in total. The third-order valence-corrected chi connectivity index (χ3v) is 0.365. The minimum absolute atomic E-state index is 0. The monoisotopic (exact) mass is 311 g/mol. The van der Waals surface area contributed by atoms with Crippen LogP contribution in [0, 0.1) is 0 Å². The molecule has 0 spiro atoms. The minimum atomic E-state index is -0.935. The quantitative estimate of drug-likeness (QED) is 0.538. The fraction of sp³-hybridized carbons (Fsp3) is 0.769. The summed E-state index contributed by atoms with van der Waals surface area (Å²) in [6, 6.07) is 0. The van der Waals surface area contributed by atoms with Crippen molar-refractivity contribution in [2.75, 3.05) is 0 Å². The topological polar surface area (TPSA) is 106 Å². The van der Waals surface area contributed by atoms with Gasteiger partial charge in [-0.15, -0.1) is 18.3 Å². The summed E-state index contributed by atoms with van der Waals surface area (Å²) < 4.78 is 0. The predicted octanol–water partition coefficient (Wildman–Crippen LogP) is -0.0901. The van der Waals surface area contributed by atoms with Gasteiger partial charge >= 0.3 is 27.7 Å². The molecule has 0 saturated carbocycles. The summed E-state index contributed by atoms with van der Waals surface area (Å²) in [5.74, 6) is -0.935. The molecule has 0 aromatic carbocycles. The molecule has 0 fully saturated rings. The van der Waals surface area contributed by atoms with Crippen molar-refractivity contribution in [2.24, 2.45) is 0 Å². The molecule has 0 unspecified atom stereocenters. The molecule has 113 valence electrons. The van der Waals surface area contributed by atoms with Gasteiger partial charge in [-0.25, -0.2) is 4.79 Å². The third kappa shape index (κ3) is 307. The Morgan fingerprint density at radius 1 is 0.895 bits per heavy atom. The first-order valence-electron chi connectivity index (χ1n) is 5.70. The van der Waals surface area contributed by atoms with Crippen molar-refractivity contribution < 1.29 is 46.9 Å². The van der Waals surface area contributed by atoms with Gasteiger partial charge in [0.05, 0.1) is 0 Å². The number of carboxylic acids is 1. The summed E-state index contributed by atoms with van der Waals surface area (Å²) in [4.78, 5) is 9.60. The third-order valence-electron chi connectivity index (χ3n) is 0.365. The molecule has 5 nitrogen and oxygen atoms in total. The zero-order valence-electron chi connectivity index (χ0n) is 13.0. The van der Waals surface area contributed by atoms with E-state index in [4.69, 9.17) is 5.11 Å². The maximum absolute atomic E-state index is 9.60. The molecule has 1 radical (unpaired) electrons. The van der Waals surface area contributed by atoms with Crippen LogP contribution in [0.4, 0.5) is 0 Å². The van der Waals surface area contributed by atoms with Crippen molar-refractivity contribution in [2.45, 2.75) is 66.8 Å². The second-order valence-corrected chi connectivity index (χ2v) is 4.23. The van der Waals surface area contributed by atoms with Crippen LogP contribution in [0.2, 0.25) is 0 Å². The Bertz CT molecular complexity index is 157. The van der Waals surface area contributed by atoms with Crippen LogP contribution in [0.15, 0.2) is 12.2 Å². The van der Waals surface area contributed by atoms with Gasteiger partial charge in [0.25, 0.3) is 0 Å². The van der Waals surface area contributed by atoms with Crippen LogP contribution in [0.3, 0.4) is 0 Å². The fourth-order valence-corrected chi connectivity index (χ4v) is 0. The van der Waals surface area contributed by atoms with E-state index < -0.39 is 24.3 Å². The van der Waals surface area contributed by atoms with Crippen molar-refractivity contribution in [1.82, 2.24) is 0 Å². The Hall–Kier alpha value is -0.196. The second kappa shape index (κ2) is 22.9. The molecule has 0 heterocycles. The second-order valence-electron chi connectivity index (χ2n) is 4.23. The van der Waals surface area contributed by atoms with Crippen LogP contribution >= 0.6 is 0 Å². The summed E-state index contributed by atoms with van der Waals surface area (Å²) in [5.41, 5.74) is 0.176. The molecule has 0 aromatic heterocycles. The smallest absolute Gasteiger partial charge is 0.852 e. The summed E-state index contributed by atoms with van der Waals surface area (Å²) in [7, 11) is 0. The van der Waals surface area contributed by atoms with Crippen molar-refractivity contribution in [3.05, 3.63) is 12.2 Å². The molecule has 0 saturated heterocycles. The first kappa shape index (κ1) is 31.3. The van der Waals surface area contributed by atoms with Crippen LogP contribution < -0.4 is 15.3 Å². The van der Waals surface area contributed by atoms with Crippen LogP contribution in [0.25, 0.3) is 0 Å². The first-order valence-corrected chi connectivity index (χ1v) is 5.70. The molecule has 0 aliphatic rings. The van der Waals surface area contributed by atoms with Crippen LogP contribution in [0.1, 0.15) is 48.5 Å². The van der Waals surface area contributed by atoms with Crippen molar-refractivity contribution >= 4 is 5.97 Å². The van der Waals surface area contributed by atoms with Gasteiger partial charge in [0.1, 0.15) is 0 Å². The van der Waals surface area contributed by atoms with E-state index in [1.165, 1.54) is 6.92 Å². The molecular weight excluding hydrogens is 284 g/mol. The van der Waals surface area contributed by atoms with Gasteiger partial charge < -0.3 is 20.4 Å². The van der Waals surface area contributed by atoms with Gasteiger partial charge in [-0.2, -0.15) is 0 Å². The summed E-state index contributed by atoms with van der Waals surface area (Å²) in [5, 5.41) is 36.5. The first-order chi connectivity index (χ1) is 7.84. The SMILES string of the molecule is C=C(C)C(=O)O.CC(C)[O-].CC(C)[O-].CC(C)[O-].[Ti+3]. The number of rotatable bonds is 1. The largest absolute Gasteiger partial charge is 3.00 e. The van der Waals surface area contributed by atoms with E-state index >= 15 is 0 Å². The number of aliphatic carboxylic acids is 1. The van der Waals surface area contributed by atoms with E-state index in [0.717, 1.165) is 0 Å². The summed E-state index contributed by atoms with van der Waals surface area (Å²) >= 11 is 0. The molecule has 0 amide bonds. The number of carboxylic acid groups (broad SMARTS) is 1. The summed E-state index contributed by atoms with van der Waals surface area (Å²) in [6.45, 7) is 14.3. The standard InChI is InChI=1S/C4H6O2.3C3H7O.Ti/c1-3(2)4(5)6;3*1-3(2)4;/h1H2,2H3,(H,5,6);3*3H,1-2H3;/q;3*-1;+3. The molecule has 0 aliphatic carbocycles. The Balaban J connectivity index is -0.0000000459. The normalized spacial score (nSPS) is 8.05. The minimum Gasteiger partial charge on any atom is -0.852 e. The van der Waals surface area contributed by atoms with Crippen molar-refractivity contribution in [3.63, 3.8) is 0 Å².